The zero-order valence-electron chi connectivity index (χ0n) is 6.49. The number of para-hydroxylation sites is 2. The molecule has 1 amide bonds. The Bertz CT molecular complexity index is 286. The summed E-state index contributed by atoms with van der Waals surface area (Å²) < 4.78 is 5.00. The second-order valence-corrected chi connectivity index (χ2v) is 2.29. The SMILES string of the molecule is NC(=O)COc1ccccc1N. The first kappa shape index (κ1) is 8.39. The molecule has 0 fully saturated rings. The molecule has 0 spiro atoms. The van der Waals surface area contributed by atoms with Crippen molar-refractivity contribution in [2.24, 2.45) is 5.73 Å². The number of benzene rings is 1. The van der Waals surface area contributed by atoms with Gasteiger partial charge in [0.05, 0.1) is 5.69 Å². The van der Waals surface area contributed by atoms with Crippen LogP contribution in [0.25, 0.3) is 0 Å². The van der Waals surface area contributed by atoms with Crippen LogP contribution in [-0.2, 0) is 4.79 Å². The van der Waals surface area contributed by atoms with Crippen molar-refractivity contribution in [3.63, 3.8) is 0 Å². The molecule has 0 radical (unpaired) electrons. The zero-order valence-corrected chi connectivity index (χ0v) is 6.49. The normalized spacial score (nSPS) is 9.33. The molecule has 0 aliphatic carbocycles. The van der Waals surface area contributed by atoms with Crippen molar-refractivity contribution in [3.05, 3.63) is 24.3 Å². The largest absolute Gasteiger partial charge is 0.482 e. The molecule has 1 aromatic rings. The monoisotopic (exact) mass is 166 g/mol. The third-order valence-electron chi connectivity index (χ3n) is 1.29. The molecule has 0 unspecified atom stereocenters. The molecule has 0 saturated carbocycles. The minimum atomic E-state index is -0.516. The topological polar surface area (TPSA) is 78.3 Å². The predicted molar refractivity (Wildman–Crippen MR) is 45.5 cm³/mol. The molecule has 0 aliphatic heterocycles. The van der Waals surface area contributed by atoms with Gasteiger partial charge in [-0.3, -0.25) is 4.79 Å². The molecule has 0 aromatic heterocycles. The van der Waals surface area contributed by atoms with E-state index >= 15 is 0 Å². The van der Waals surface area contributed by atoms with Gasteiger partial charge < -0.3 is 16.2 Å². The van der Waals surface area contributed by atoms with Crippen molar-refractivity contribution in [1.82, 2.24) is 0 Å². The molecule has 4 N–H and O–H groups in total. The third kappa shape index (κ3) is 2.16. The van der Waals surface area contributed by atoms with Crippen LogP contribution in [-0.4, -0.2) is 12.5 Å². The molecule has 0 saturated heterocycles. The van der Waals surface area contributed by atoms with Crippen molar-refractivity contribution in [2.75, 3.05) is 12.3 Å². The van der Waals surface area contributed by atoms with Crippen LogP contribution in [0.1, 0.15) is 0 Å². The van der Waals surface area contributed by atoms with Gasteiger partial charge in [-0.05, 0) is 12.1 Å². The van der Waals surface area contributed by atoms with E-state index in [9.17, 15) is 4.79 Å². The summed E-state index contributed by atoms with van der Waals surface area (Å²) in [6.45, 7) is -0.145. The average Bonchev–Trinajstić information content (AvgIpc) is 2.03. The van der Waals surface area contributed by atoms with E-state index in [2.05, 4.69) is 0 Å². The van der Waals surface area contributed by atoms with Crippen molar-refractivity contribution in [3.8, 4) is 5.75 Å². The smallest absolute Gasteiger partial charge is 0.255 e. The van der Waals surface area contributed by atoms with Crippen LogP contribution in [0.4, 0.5) is 5.69 Å². The van der Waals surface area contributed by atoms with E-state index in [1.54, 1.807) is 24.3 Å². The van der Waals surface area contributed by atoms with Gasteiger partial charge in [0.25, 0.3) is 5.91 Å². The summed E-state index contributed by atoms with van der Waals surface area (Å²) in [5.74, 6) is -0.0328. The summed E-state index contributed by atoms with van der Waals surface area (Å²) in [7, 11) is 0. The minimum absolute atomic E-state index is 0.145. The Balaban J connectivity index is 2.63. The summed E-state index contributed by atoms with van der Waals surface area (Å²) in [5.41, 5.74) is 10.9. The fraction of sp³-hybridized carbons (Fsp3) is 0.125. The summed E-state index contributed by atoms with van der Waals surface area (Å²) in [6, 6.07) is 6.92. The van der Waals surface area contributed by atoms with Gasteiger partial charge in [-0.2, -0.15) is 0 Å². The molecule has 64 valence electrons. The average molecular weight is 166 g/mol. The molecule has 0 bridgehead atoms. The fourth-order valence-corrected chi connectivity index (χ4v) is 0.761. The minimum Gasteiger partial charge on any atom is -0.482 e. The number of anilines is 1. The highest BCUT2D eigenvalue weighted by atomic mass is 16.5. The van der Waals surface area contributed by atoms with E-state index in [4.69, 9.17) is 16.2 Å². The number of nitrogens with two attached hydrogens (primary N) is 2. The number of hydrogen-bond acceptors (Lipinski definition) is 3. The van der Waals surface area contributed by atoms with Gasteiger partial charge in [-0.1, -0.05) is 12.1 Å². The van der Waals surface area contributed by atoms with E-state index in [1.165, 1.54) is 0 Å². The Labute approximate surface area is 70.1 Å². The summed E-state index contributed by atoms with van der Waals surface area (Å²) in [6.07, 6.45) is 0. The second-order valence-electron chi connectivity index (χ2n) is 2.29. The number of amides is 1. The van der Waals surface area contributed by atoms with Crippen molar-refractivity contribution in [2.45, 2.75) is 0 Å². The first-order valence-electron chi connectivity index (χ1n) is 3.46. The van der Waals surface area contributed by atoms with Crippen molar-refractivity contribution in [1.29, 1.82) is 0 Å². The lowest BCUT2D eigenvalue weighted by atomic mass is 10.3. The van der Waals surface area contributed by atoms with Gasteiger partial charge in [0.15, 0.2) is 6.61 Å². The first-order chi connectivity index (χ1) is 5.70. The molecular formula is C8H10N2O2. The van der Waals surface area contributed by atoms with Crippen LogP contribution in [0.15, 0.2) is 24.3 Å². The van der Waals surface area contributed by atoms with E-state index in [0.29, 0.717) is 11.4 Å². The molecular weight excluding hydrogens is 156 g/mol. The number of hydrogen-bond donors (Lipinski definition) is 2. The third-order valence-corrected chi connectivity index (χ3v) is 1.29. The lowest BCUT2D eigenvalue weighted by Gasteiger charge is -2.05. The number of carbonyl (C=O) groups is 1. The van der Waals surface area contributed by atoms with E-state index < -0.39 is 5.91 Å². The predicted octanol–water partition coefficient (Wildman–Crippen LogP) is 0.133. The Morgan fingerprint density at radius 2 is 2.08 bits per heavy atom. The van der Waals surface area contributed by atoms with Crippen LogP contribution in [0.5, 0.6) is 5.75 Å². The van der Waals surface area contributed by atoms with Gasteiger partial charge in [0.2, 0.25) is 0 Å². The summed E-state index contributed by atoms with van der Waals surface area (Å²) in [4.78, 5) is 10.3. The molecule has 4 heteroatoms. The number of ether oxygens (including phenoxy) is 1. The number of primary amides is 1. The van der Waals surface area contributed by atoms with E-state index in [0.717, 1.165) is 0 Å². The Kier molecular flexibility index (Phi) is 2.53. The van der Waals surface area contributed by atoms with Crippen LogP contribution in [0.2, 0.25) is 0 Å². The van der Waals surface area contributed by atoms with Gasteiger partial charge in [0, 0.05) is 0 Å². The van der Waals surface area contributed by atoms with E-state index in [-0.39, 0.29) is 6.61 Å². The Hall–Kier alpha value is -1.71. The summed E-state index contributed by atoms with van der Waals surface area (Å²) in [5, 5.41) is 0. The maximum atomic E-state index is 10.3. The lowest BCUT2D eigenvalue weighted by molar-refractivity contribution is -0.119. The first-order valence-corrected chi connectivity index (χ1v) is 3.46. The highest BCUT2D eigenvalue weighted by Gasteiger charge is 1.99. The molecule has 1 rings (SSSR count). The van der Waals surface area contributed by atoms with Gasteiger partial charge in [0.1, 0.15) is 5.75 Å². The van der Waals surface area contributed by atoms with E-state index in [1.807, 2.05) is 0 Å². The van der Waals surface area contributed by atoms with Crippen molar-refractivity contribution >= 4 is 11.6 Å². The molecule has 0 atom stereocenters. The van der Waals surface area contributed by atoms with Crippen LogP contribution < -0.4 is 16.2 Å². The number of rotatable bonds is 3. The van der Waals surface area contributed by atoms with Gasteiger partial charge in [-0.15, -0.1) is 0 Å². The van der Waals surface area contributed by atoms with Crippen LogP contribution >= 0.6 is 0 Å². The summed E-state index contributed by atoms with van der Waals surface area (Å²) >= 11 is 0. The standard InChI is InChI=1S/C8H10N2O2/c9-6-3-1-2-4-7(6)12-5-8(10)11/h1-4H,5,9H2,(H2,10,11). The highest BCUT2D eigenvalue weighted by Crippen LogP contribution is 2.19. The van der Waals surface area contributed by atoms with Crippen LogP contribution in [0, 0.1) is 0 Å². The van der Waals surface area contributed by atoms with Crippen molar-refractivity contribution < 1.29 is 9.53 Å². The quantitative estimate of drug-likeness (QED) is 0.626. The van der Waals surface area contributed by atoms with Gasteiger partial charge >= 0.3 is 0 Å². The molecule has 1 aromatic carbocycles. The van der Waals surface area contributed by atoms with Crippen LogP contribution in [0.3, 0.4) is 0 Å². The lowest BCUT2D eigenvalue weighted by Crippen LogP contribution is -2.20. The highest BCUT2D eigenvalue weighted by molar-refractivity contribution is 5.75. The number of carbonyl (C=O) groups excluding carboxylic acids is 1. The fourth-order valence-electron chi connectivity index (χ4n) is 0.761. The molecule has 12 heavy (non-hydrogen) atoms. The zero-order chi connectivity index (χ0) is 8.97. The molecule has 4 nitrogen and oxygen atoms in total. The molecule has 0 aliphatic rings. The Morgan fingerprint density at radius 3 is 2.67 bits per heavy atom. The number of nitrogen functional groups attached to an aromatic ring is 1. The maximum Gasteiger partial charge on any atom is 0.255 e. The van der Waals surface area contributed by atoms with Gasteiger partial charge in [-0.25, -0.2) is 0 Å². The second kappa shape index (κ2) is 3.61. The molecule has 0 heterocycles. The Morgan fingerprint density at radius 1 is 1.42 bits per heavy atom. The maximum absolute atomic E-state index is 10.3.